The molecular weight excluding hydrogens is 324 g/mol. The SMILES string of the molecule is CCCC(C)(N)C(=O)NCc1ccc(OC2CCCCC2)cc1.Cl. The number of hydrogen-bond acceptors (Lipinski definition) is 3. The molecule has 0 bridgehead atoms. The van der Waals surface area contributed by atoms with Crippen molar-refractivity contribution < 1.29 is 9.53 Å². The maximum Gasteiger partial charge on any atom is 0.240 e. The van der Waals surface area contributed by atoms with Crippen molar-refractivity contribution >= 4 is 18.3 Å². The minimum atomic E-state index is -0.793. The van der Waals surface area contributed by atoms with E-state index in [2.05, 4.69) is 5.32 Å². The van der Waals surface area contributed by atoms with Gasteiger partial charge in [0.15, 0.2) is 0 Å². The van der Waals surface area contributed by atoms with E-state index in [1.807, 2.05) is 31.2 Å². The smallest absolute Gasteiger partial charge is 0.240 e. The molecule has 1 unspecified atom stereocenters. The zero-order chi connectivity index (χ0) is 16.7. The summed E-state index contributed by atoms with van der Waals surface area (Å²) in [5.74, 6) is 0.823. The molecule has 0 aliphatic heterocycles. The maximum atomic E-state index is 12.1. The quantitative estimate of drug-likeness (QED) is 0.779. The van der Waals surface area contributed by atoms with Gasteiger partial charge in [-0.3, -0.25) is 4.79 Å². The first-order valence-corrected chi connectivity index (χ1v) is 8.84. The summed E-state index contributed by atoms with van der Waals surface area (Å²) in [6.07, 6.45) is 8.13. The number of carbonyl (C=O) groups is 1. The number of nitrogens with two attached hydrogens (primary N) is 1. The number of hydrogen-bond donors (Lipinski definition) is 2. The van der Waals surface area contributed by atoms with Crippen LogP contribution < -0.4 is 15.8 Å². The van der Waals surface area contributed by atoms with Crippen LogP contribution in [0.1, 0.15) is 64.4 Å². The van der Waals surface area contributed by atoms with E-state index >= 15 is 0 Å². The van der Waals surface area contributed by atoms with Crippen LogP contribution in [0, 0.1) is 0 Å². The Bertz CT molecular complexity index is 497. The van der Waals surface area contributed by atoms with Crippen LogP contribution in [0.2, 0.25) is 0 Å². The molecule has 0 aromatic heterocycles. The normalized spacial score (nSPS) is 17.5. The lowest BCUT2D eigenvalue weighted by atomic mass is 9.96. The molecule has 1 aliphatic rings. The van der Waals surface area contributed by atoms with Crippen LogP contribution >= 0.6 is 12.4 Å². The lowest BCUT2D eigenvalue weighted by Gasteiger charge is -2.23. The summed E-state index contributed by atoms with van der Waals surface area (Å²) in [7, 11) is 0. The minimum absolute atomic E-state index is 0. The number of ether oxygens (including phenoxy) is 1. The van der Waals surface area contributed by atoms with Crippen LogP contribution in [0.15, 0.2) is 24.3 Å². The summed E-state index contributed by atoms with van der Waals surface area (Å²) in [5.41, 5.74) is 6.30. The molecule has 1 aromatic rings. The van der Waals surface area contributed by atoms with Gasteiger partial charge in [0.1, 0.15) is 5.75 Å². The van der Waals surface area contributed by atoms with Gasteiger partial charge in [-0.25, -0.2) is 0 Å². The second-order valence-corrected chi connectivity index (χ2v) is 6.87. The third-order valence-corrected chi connectivity index (χ3v) is 4.52. The second kappa shape index (κ2) is 9.90. The zero-order valence-electron chi connectivity index (χ0n) is 14.8. The van der Waals surface area contributed by atoms with Crippen molar-refractivity contribution in [1.82, 2.24) is 5.32 Å². The third kappa shape index (κ3) is 6.33. The molecule has 5 heteroatoms. The Labute approximate surface area is 151 Å². The fourth-order valence-corrected chi connectivity index (χ4v) is 3.08. The van der Waals surface area contributed by atoms with Crippen LogP contribution in [-0.2, 0) is 11.3 Å². The number of nitrogens with one attached hydrogen (secondary N) is 1. The van der Waals surface area contributed by atoms with Crippen LogP contribution in [0.4, 0.5) is 0 Å². The first kappa shape index (κ1) is 20.8. The Morgan fingerprint density at radius 2 is 1.88 bits per heavy atom. The molecule has 1 aliphatic carbocycles. The van der Waals surface area contributed by atoms with Crippen molar-refractivity contribution in [3.05, 3.63) is 29.8 Å². The molecule has 4 nitrogen and oxygen atoms in total. The fourth-order valence-electron chi connectivity index (χ4n) is 3.08. The molecule has 136 valence electrons. The number of amides is 1. The highest BCUT2D eigenvalue weighted by Gasteiger charge is 2.26. The fraction of sp³-hybridized carbons (Fsp3) is 0.632. The van der Waals surface area contributed by atoms with Gasteiger partial charge >= 0.3 is 0 Å². The summed E-state index contributed by atoms with van der Waals surface area (Å²) in [5, 5.41) is 2.92. The van der Waals surface area contributed by atoms with E-state index in [0.717, 1.165) is 30.6 Å². The molecule has 0 saturated heterocycles. The van der Waals surface area contributed by atoms with Gasteiger partial charge in [-0.15, -0.1) is 12.4 Å². The lowest BCUT2D eigenvalue weighted by Crippen LogP contribution is -2.51. The molecule has 24 heavy (non-hydrogen) atoms. The highest BCUT2D eigenvalue weighted by atomic mass is 35.5. The van der Waals surface area contributed by atoms with Gasteiger partial charge in [-0.05, 0) is 56.7 Å². The largest absolute Gasteiger partial charge is 0.490 e. The van der Waals surface area contributed by atoms with Gasteiger partial charge in [0.25, 0.3) is 0 Å². The summed E-state index contributed by atoms with van der Waals surface area (Å²) in [6, 6.07) is 7.99. The molecule has 1 fully saturated rings. The highest BCUT2D eigenvalue weighted by Crippen LogP contribution is 2.23. The highest BCUT2D eigenvalue weighted by molar-refractivity contribution is 5.85. The van der Waals surface area contributed by atoms with Crippen LogP contribution in [0.5, 0.6) is 5.75 Å². The van der Waals surface area contributed by atoms with E-state index in [4.69, 9.17) is 10.5 Å². The summed E-state index contributed by atoms with van der Waals surface area (Å²) >= 11 is 0. The Kier molecular flexibility index (Phi) is 8.57. The number of benzene rings is 1. The van der Waals surface area contributed by atoms with Crippen molar-refractivity contribution in [3.63, 3.8) is 0 Å². The van der Waals surface area contributed by atoms with E-state index in [-0.39, 0.29) is 18.3 Å². The van der Waals surface area contributed by atoms with Gasteiger partial charge in [0.2, 0.25) is 5.91 Å². The summed E-state index contributed by atoms with van der Waals surface area (Å²) < 4.78 is 6.01. The molecule has 0 radical (unpaired) electrons. The Morgan fingerprint density at radius 3 is 2.46 bits per heavy atom. The van der Waals surface area contributed by atoms with Gasteiger partial charge in [0.05, 0.1) is 11.6 Å². The van der Waals surface area contributed by atoms with Crippen LogP contribution in [0.25, 0.3) is 0 Å². The van der Waals surface area contributed by atoms with Crippen molar-refractivity contribution in [2.75, 3.05) is 0 Å². The zero-order valence-corrected chi connectivity index (χ0v) is 15.7. The molecular formula is C19H31ClN2O2. The van der Waals surface area contributed by atoms with Gasteiger partial charge in [0, 0.05) is 6.54 Å². The third-order valence-electron chi connectivity index (χ3n) is 4.52. The number of rotatable bonds is 7. The molecule has 1 amide bonds. The summed E-state index contributed by atoms with van der Waals surface area (Å²) in [6.45, 7) is 4.31. The van der Waals surface area contributed by atoms with Crippen LogP contribution in [0.3, 0.4) is 0 Å². The predicted octanol–water partition coefficient (Wildman–Crippen LogP) is 3.95. The van der Waals surface area contributed by atoms with Gasteiger partial charge in [-0.1, -0.05) is 31.9 Å². The average Bonchev–Trinajstić information content (AvgIpc) is 2.55. The Hall–Kier alpha value is -1.26. The number of carbonyl (C=O) groups excluding carboxylic acids is 1. The monoisotopic (exact) mass is 354 g/mol. The topological polar surface area (TPSA) is 64.4 Å². The van der Waals surface area contributed by atoms with Crippen molar-refractivity contribution in [2.24, 2.45) is 5.73 Å². The molecule has 1 atom stereocenters. The standard InChI is InChI=1S/C19H30N2O2.ClH/c1-3-13-19(2,20)18(22)21-14-15-9-11-17(12-10-15)23-16-7-5-4-6-8-16;/h9-12,16H,3-8,13-14,20H2,1-2H3,(H,21,22);1H. The first-order valence-electron chi connectivity index (χ1n) is 8.84. The van der Waals surface area contributed by atoms with E-state index in [0.29, 0.717) is 19.1 Å². The van der Waals surface area contributed by atoms with E-state index in [1.54, 1.807) is 6.92 Å². The molecule has 0 spiro atoms. The Morgan fingerprint density at radius 1 is 1.25 bits per heavy atom. The van der Waals surface area contributed by atoms with Crippen molar-refractivity contribution in [2.45, 2.75) is 77.0 Å². The van der Waals surface area contributed by atoms with Crippen molar-refractivity contribution in [3.8, 4) is 5.75 Å². The van der Waals surface area contributed by atoms with Gasteiger partial charge < -0.3 is 15.8 Å². The minimum Gasteiger partial charge on any atom is -0.490 e. The average molecular weight is 355 g/mol. The van der Waals surface area contributed by atoms with Gasteiger partial charge in [-0.2, -0.15) is 0 Å². The second-order valence-electron chi connectivity index (χ2n) is 6.87. The summed E-state index contributed by atoms with van der Waals surface area (Å²) in [4.78, 5) is 12.1. The maximum absolute atomic E-state index is 12.1. The van der Waals surface area contributed by atoms with Crippen molar-refractivity contribution in [1.29, 1.82) is 0 Å². The predicted molar refractivity (Wildman–Crippen MR) is 101 cm³/mol. The molecule has 0 heterocycles. The molecule has 1 aromatic carbocycles. The first-order chi connectivity index (χ1) is 11.0. The molecule has 2 rings (SSSR count). The van der Waals surface area contributed by atoms with E-state index in [9.17, 15) is 4.79 Å². The molecule has 3 N–H and O–H groups in total. The van der Waals surface area contributed by atoms with E-state index < -0.39 is 5.54 Å². The lowest BCUT2D eigenvalue weighted by molar-refractivity contribution is -0.126. The number of halogens is 1. The molecule has 1 saturated carbocycles. The Balaban J connectivity index is 0.00000288. The van der Waals surface area contributed by atoms with E-state index in [1.165, 1.54) is 19.3 Å². The van der Waals surface area contributed by atoms with Crippen LogP contribution in [-0.4, -0.2) is 17.6 Å².